The van der Waals surface area contributed by atoms with Crippen LogP contribution in [0.3, 0.4) is 0 Å². The summed E-state index contributed by atoms with van der Waals surface area (Å²) in [7, 11) is 0. The topological polar surface area (TPSA) is 33.4 Å². The van der Waals surface area contributed by atoms with E-state index in [9.17, 15) is 8.78 Å². The lowest BCUT2D eigenvalue weighted by molar-refractivity contribution is 0.0611. The lowest BCUT2D eigenvalue weighted by Crippen LogP contribution is -2.50. The second kappa shape index (κ2) is 3.40. The maximum absolute atomic E-state index is 12.3. The molecule has 1 saturated heterocycles. The number of halogens is 2. The standard InChI is InChI=1S/C10H10F2N4/c11-10(12)7-5-15(6-7)8-2-4-16-9(14-8)1-3-13-16/h1-4,7,10H,5-6H2. The Morgan fingerprint density at radius 2 is 2.12 bits per heavy atom. The van der Waals surface area contributed by atoms with Crippen molar-refractivity contribution in [1.29, 1.82) is 0 Å². The van der Waals surface area contributed by atoms with Crippen LogP contribution in [0.5, 0.6) is 0 Å². The molecule has 0 atom stereocenters. The molecule has 0 spiro atoms. The molecule has 0 saturated carbocycles. The number of hydrogen-bond acceptors (Lipinski definition) is 3. The summed E-state index contributed by atoms with van der Waals surface area (Å²) in [6.07, 6.45) is 1.22. The predicted octanol–water partition coefficient (Wildman–Crippen LogP) is 1.43. The Morgan fingerprint density at radius 1 is 1.31 bits per heavy atom. The van der Waals surface area contributed by atoms with Gasteiger partial charge in [0.1, 0.15) is 5.82 Å². The van der Waals surface area contributed by atoms with Crippen molar-refractivity contribution in [1.82, 2.24) is 14.6 Å². The summed E-state index contributed by atoms with van der Waals surface area (Å²) in [4.78, 5) is 6.18. The summed E-state index contributed by atoms with van der Waals surface area (Å²) in [6.45, 7) is 0.768. The number of anilines is 1. The molecule has 0 unspecified atom stereocenters. The van der Waals surface area contributed by atoms with Gasteiger partial charge in [-0.15, -0.1) is 0 Å². The zero-order valence-electron chi connectivity index (χ0n) is 8.42. The van der Waals surface area contributed by atoms with Gasteiger partial charge in [-0.05, 0) is 6.07 Å². The van der Waals surface area contributed by atoms with Crippen LogP contribution < -0.4 is 4.90 Å². The van der Waals surface area contributed by atoms with E-state index in [1.54, 1.807) is 29.0 Å². The molecule has 0 radical (unpaired) electrons. The van der Waals surface area contributed by atoms with Gasteiger partial charge in [0.15, 0.2) is 5.65 Å². The fourth-order valence-electron chi connectivity index (χ4n) is 1.84. The molecular weight excluding hydrogens is 214 g/mol. The first kappa shape index (κ1) is 9.50. The Bertz CT molecular complexity index is 504. The summed E-state index contributed by atoms with van der Waals surface area (Å²) in [5, 5.41) is 4.02. The van der Waals surface area contributed by atoms with E-state index in [0.29, 0.717) is 13.1 Å². The minimum absolute atomic E-state index is 0.384. The van der Waals surface area contributed by atoms with E-state index in [-0.39, 0.29) is 0 Å². The number of fused-ring (bicyclic) bond motifs is 1. The van der Waals surface area contributed by atoms with Crippen LogP contribution in [-0.4, -0.2) is 34.1 Å². The van der Waals surface area contributed by atoms with Crippen LogP contribution in [-0.2, 0) is 0 Å². The van der Waals surface area contributed by atoms with Gasteiger partial charge < -0.3 is 4.90 Å². The normalized spacial score (nSPS) is 17.1. The lowest BCUT2D eigenvalue weighted by Gasteiger charge is -2.39. The van der Waals surface area contributed by atoms with Gasteiger partial charge in [-0.1, -0.05) is 0 Å². The van der Waals surface area contributed by atoms with Crippen LogP contribution in [0.4, 0.5) is 14.6 Å². The second-order valence-corrected chi connectivity index (χ2v) is 3.92. The van der Waals surface area contributed by atoms with Gasteiger partial charge in [-0.2, -0.15) is 5.10 Å². The van der Waals surface area contributed by atoms with Crippen LogP contribution in [0.1, 0.15) is 0 Å². The van der Waals surface area contributed by atoms with Crippen LogP contribution in [0.2, 0.25) is 0 Å². The van der Waals surface area contributed by atoms with Crippen molar-refractivity contribution in [3.63, 3.8) is 0 Å². The van der Waals surface area contributed by atoms with Gasteiger partial charge in [-0.25, -0.2) is 18.3 Å². The van der Waals surface area contributed by atoms with E-state index in [4.69, 9.17) is 0 Å². The maximum atomic E-state index is 12.3. The van der Waals surface area contributed by atoms with Crippen molar-refractivity contribution in [3.8, 4) is 0 Å². The molecule has 3 rings (SSSR count). The summed E-state index contributed by atoms with van der Waals surface area (Å²) in [5.74, 6) is 0.229. The summed E-state index contributed by atoms with van der Waals surface area (Å²) < 4.78 is 26.3. The summed E-state index contributed by atoms with van der Waals surface area (Å²) >= 11 is 0. The summed E-state index contributed by atoms with van der Waals surface area (Å²) in [5.41, 5.74) is 0.734. The fourth-order valence-corrected chi connectivity index (χ4v) is 1.84. The van der Waals surface area contributed by atoms with Crippen LogP contribution in [0, 0.1) is 5.92 Å². The van der Waals surface area contributed by atoms with Crippen LogP contribution >= 0.6 is 0 Å². The van der Waals surface area contributed by atoms with Gasteiger partial charge in [0, 0.05) is 25.4 Å². The molecule has 2 aromatic heterocycles. The highest BCUT2D eigenvalue weighted by atomic mass is 19.3. The number of aromatic nitrogens is 3. The molecule has 0 aliphatic carbocycles. The van der Waals surface area contributed by atoms with Gasteiger partial charge in [0.2, 0.25) is 6.43 Å². The third-order valence-electron chi connectivity index (χ3n) is 2.83. The van der Waals surface area contributed by atoms with Crippen LogP contribution in [0.25, 0.3) is 5.65 Å². The molecule has 6 heteroatoms. The van der Waals surface area contributed by atoms with Gasteiger partial charge in [0.05, 0.1) is 12.1 Å². The van der Waals surface area contributed by atoms with Gasteiger partial charge >= 0.3 is 0 Å². The van der Waals surface area contributed by atoms with Crippen LogP contribution in [0.15, 0.2) is 24.5 Å². The van der Waals surface area contributed by atoms with Crippen molar-refractivity contribution in [3.05, 3.63) is 24.5 Å². The quantitative estimate of drug-likeness (QED) is 0.773. The van der Waals surface area contributed by atoms with E-state index in [0.717, 1.165) is 11.5 Å². The number of rotatable bonds is 2. The third-order valence-corrected chi connectivity index (χ3v) is 2.83. The molecule has 1 aliphatic heterocycles. The first-order chi connectivity index (χ1) is 7.74. The Hall–Kier alpha value is -1.72. The minimum atomic E-state index is -2.23. The van der Waals surface area contributed by atoms with Crippen molar-refractivity contribution >= 4 is 11.5 Å². The summed E-state index contributed by atoms with van der Waals surface area (Å²) in [6, 6.07) is 3.58. The Balaban J connectivity index is 1.80. The molecule has 1 aliphatic rings. The maximum Gasteiger partial charge on any atom is 0.244 e. The Kier molecular flexibility index (Phi) is 2.02. The van der Waals surface area contributed by atoms with E-state index < -0.39 is 12.3 Å². The van der Waals surface area contributed by atoms with E-state index >= 15 is 0 Å². The monoisotopic (exact) mass is 224 g/mol. The molecule has 0 N–H and O–H groups in total. The molecule has 3 heterocycles. The average Bonchev–Trinajstić information content (AvgIpc) is 2.61. The molecule has 1 fully saturated rings. The zero-order valence-corrected chi connectivity index (χ0v) is 8.42. The molecule has 84 valence electrons. The predicted molar refractivity (Wildman–Crippen MR) is 54.7 cm³/mol. The second-order valence-electron chi connectivity index (χ2n) is 3.92. The van der Waals surface area contributed by atoms with Gasteiger partial charge in [-0.3, -0.25) is 0 Å². The fraction of sp³-hybridized carbons (Fsp3) is 0.400. The number of alkyl halides is 2. The van der Waals surface area contributed by atoms with Gasteiger partial charge in [0.25, 0.3) is 0 Å². The average molecular weight is 224 g/mol. The zero-order chi connectivity index (χ0) is 11.1. The Labute approximate surface area is 90.5 Å². The SMILES string of the molecule is FC(F)C1CN(c2ccn3nccc3n2)C1. The van der Waals surface area contributed by atoms with E-state index in [1.807, 2.05) is 4.90 Å². The molecular formula is C10H10F2N4. The lowest BCUT2D eigenvalue weighted by atomic mass is 10.0. The molecule has 16 heavy (non-hydrogen) atoms. The molecule has 0 aromatic carbocycles. The Morgan fingerprint density at radius 3 is 2.88 bits per heavy atom. The molecule has 0 amide bonds. The van der Waals surface area contributed by atoms with Crippen molar-refractivity contribution in [2.24, 2.45) is 5.92 Å². The highest BCUT2D eigenvalue weighted by Gasteiger charge is 2.34. The largest absolute Gasteiger partial charge is 0.355 e. The van der Waals surface area contributed by atoms with E-state index in [2.05, 4.69) is 10.1 Å². The number of nitrogens with zero attached hydrogens (tertiary/aromatic N) is 4. The first-order valence-electron chi connectivity index (χ1n) is 5.07. The highest BCUT2D eigenvalue weighted by molar-refractivity contribution is 5.48. The first-order valence-corrected chi connectivity index (χ1v) is 5.07. The molecule has 0 bridgehead atoms. The molecule has 4 nitrogen and oxygen atoms in total. The third kappa shape index (κ3) is 1.41. The van der Waals surface area contributed by atoms with Crippen molar-refractivity contribution in [2.45, 2.75) is 6.43 Å². The van der Waals surface area contributed by atoms with Crippen molar-refractivity contribution < 1.29 is 8.78 Å². The van der Waals surface area contributed by atoms with E-state index in [1.165, 1.54) is 0 Å². The molecule has 2 aromatic rings. The minimum Gasteiger partial charge on any atom is -0.355 e. The highest BCUT2D eigenvalue weighted by Crippen LogP contribution is 2.26. The smallest absolute Gasteiger partial charge is 0.244 e. The van der Waals surface area contributed by atoms with Crippen molar-refractivity contribution in [2.75, 3.05) is 18.0 Å². The number of hydrogen-bond donors (Lipinski definition) is 0.